The second kappa shape index (κ2) is 12.2. The molecule has 40 heavy (non-hydrogen) atoms. The van der Waals surface area contributed by atoms with E-state index < -0.39 is 28.4 Å². The molecule has 218 valence electrons. The van der Waals surface area contributed by atoms with Crippen LogP contribution in [0.5, 0.6) is 0 Å². The molecule has 1 aromatic carbocycles. The predicted octanol–water partition coefficient (Wildman–Crippen LogP) is 5.43. The summed E-state index contributed by atoms with van der Waals surface area (Å²) in [4.78, 5) is 41.3. The van der Waals surface area contributed by atoms with Gasteiger partial charge in [0, 0.05) is 47.8 Å². The Morgan fingerprint density at radius 1 is 1.15 bits per heavy atom. The number of piperidine rings is 1. The Morgan fingerprint density at radius 2 is 1.85 bits per heavy atom. The predicted molar refractivity (Wildman–Crippen MR) is 152 cm³/mol. The molecule has 2 atom stereocenters. The number of carbonyl (C=O) groups is 2. The summed E-state index contributed by atoms with van der Waals surface area (Å²) in [5.41, 5.74) is -2.17. The van der Waals surface area contributed by atoms with Gasteiger partial charge >= 0.3 is 5.97 Å². The molecule has 1 aliphatic carbocycles. The number of ether oxygens (including phenoxy) is 1. The number of aliphatic hydroxyl groups is 1. The number of hydrogen-bond donors (Lipinski definition) is 1. The molecule has 1 N–H and O–H groups in total. The van der Waals surface area contributed by atoms with E-state index in [1.54, 1.807) is 13.0 Å². The number of nitrogens with zero attached hydrogens (tertiary/aromatic N) is 2. The number of likely N-dealkylation sites (tertiary alicyclic amines) is 1. The highest BCUT2D eigenvalue weighted by Crippen LogP contribution is 2.41. The van der Waals surface area contributed by atoms with Crippen molar-refractivity contribution in [2.45, 2.75) is 84.8 Å². The molecule has 1 aromatic heterocycles. The number of esters is 1. The maximum absolute atomic E-state index is 14.6. The lowest BCUT2D eigenvalue weighted by atomic mass is 9.69. The SMILES string of the molecule is CCOC(=O)c1cn(CC2(O)CCN(C(=O)C(C)CC3CCCCC3)CC2(C)C)c(=O)cc1-c1ccccc1F. The van der Waals surface area contributed by atoms with Crippen molar-refractivity contribution >= 4 is 11.9 Å². The molecule has 1 aliphatic heterocycles. The maximum atomic E-state index is 14.6. The molecule has 2 aromatic rings. The summed E-state index contributed by atoms with van der Waals surface area (Å²) in [5.74, 6) is -0.564. The molecule has 0 spiro atoms. The van der Waals surface area contributed by atoms with Gasteiger partial charge in [0.15, 0.2) is 0 Å². The topological polar surface area (TPSA) is 88.8 Å². The van der Waals surface area contributed by atoms with Crippen LogP contribution in [0.3, 0.4) is 0 Å². The number of hydrogen-bond acceptors (Lipinski definition) is 5. The summed E-state index contributed by atoms with van der Waals surface area (Å²) >= 11 is 0. The first-order chi connectivity index (χ1) is 19.0. The van der Waals surface area contributed by atoms with E-state index in [4.69, 9.17) is 4.74 Å². The molecule has 2 aliphatic rings. The maximum Gasteiger partial charge on any atom is 0.340 e. The highest BCUT2D eigenvalue weighted by molar-refractivity contribution is 5.97. The van der Waals surface area contributed by atoms with Gasteiger partial charge in [-0.25, -0.2) is 9.18 Å². The monoisotopic (exact) mass is 554 g/mol. The Labute approximate surface area is 236 Å². The van der Waals surface area contributed by atoms with Gasteiger partial charge in [-0.15, -0.1) is 0 Å². The lowest BCUT2D eigenvalue weighted by molar-refractivity contribution is -0.157. The van der Waals surface area contributed by atoms with Crippen molar-refractivity contribution in [3.8, 4) is 11.1 Å². The van der Waals surface area contributed by atoms with Crippen molar-refractivity contribution in [3.05, 3.63) is 58.3 Å². The first-order valence-corrected chi connectivity index (χ1v) is 14.6. The number of carbonyl (C=O) groups excluding carboxylic acids is 2. The van der Waals surface area contributed by atoms with Gasteiger partial charge in [0.25, 0.3) is 5.56 Å². The Morgan fingerprint density at radius 3 is 2.50 bits per heavy atom. The summed E-state index contributed by atoms with van der Waals surface area (Å²) in [6.07, 6.45) is 8.72. The number of benzene rings is 1. The Hall–Kier alpha value is -3.00. The zero-order valence-corrected chi connectivity index (χ0v) is 24.2. The summed E-state index contributed by atoms with van der Waals surface area (Å²) in [7, 11) is 0. The number of pyridine rings is 1. The zero-order valence-electron chi connectivity index (χ0n) is 24.2. The summed E-state index contributed by atoms with van der Waals surface area (Å²) < 4.78 is 21.2. The van der Waals surface area contributed by atoms with E-state index in [9.17, 15) is 23.9 Å². The van der Waals surface area contributed by atoms with Crippen LogP contribution in [-0.2, 0) is 16.1 Å². The van der Waals surface area contributed by atoms with Crippen molar-refractivity contribution in [1.29, 1.82) is 0 Å². The molecule has 2 unspecified atom stereocenters. The third-order valence-corrected chi connectivity index (χ3v) is 9.00. The summed E-state index contributed by atoms with van der Waals surface area (Å²) in [6.45, 7) is 8.31. The Kier molecular flexibility index (Phi) is 9.18. The smallest absolute Gasteiger partial charge is 0.340 e. The van der Waals surface area contributed by atoms with E-state index in [1.807, 2.05) is 25.7 Å². The van der Waals surface area contributed by atoms with E-state index in [-0.39, 0.29) is 48.1 Å². The quantitative estimate of drug-likeness (QED) is 0.440. The highest BCUT2D eigenvalue weighted by Gasteiger charge is 2.49. The normalized spacial score (nSPS) is 22.1. The van der Waals surface area contributed by atoms with Crippen molar-refractivity contribution < 1.29 is 23.8 Å². The summed E-state index contributed by atoms with van der Waals surface area (Å²) in [6, 6.07) is 7.18. The van der Waals surface area contributed by atoms with Crippen LogP contribution in [0.25, 0.3) is 11.1 Å². The van der Waals surface area contributed by atoms with E-state index in [1.165, 1.54) is 67.1 Å². The minimum atomic E-state index is -1.31. The number of rotatable bonds is 8. The first-order valence-electron chi connectivity index (χ1n) is 14.6. The molecule has 1 saturated heterocycles. The second-order valence-electron chi connectivity index (χ2n) is 12.3. The van der Waals surface area contributed by atoms with Crippen LogP contribution in [0.15, 0.2) is 41.3 Å². The molecule has 0 bridgehead atoms. The van der Waals surface area contributed by atoms with Gasteiger partial charge in [-0.2, -0.15) is 0 Å². The van der Waals surface area contributed by atoms with Crippen LogP contribution in [0, 0.1) is 23.1 Å². The van der Waals surface area contributed by atoms with Crippen molar-refractivity contribution in [2.24, 2.45) is 17.3 Å². The van der Waals surface area contributed by atoms with Crippen LogP contribution >= 0.6 is 0 Å². The Bertz CT molecular complexity index is 1280. The van der Waals surface area contributed by atoms with E-state index in [0.29, 0.717) is 19.0 Å². The molecule has 2 heterocycles. The van der Waals surface area contributed by atoms with Gasteiger partial charge in [0.05, 0.1) is 24.3 Å². The van der Waals surface area contributed by atoms with Gasteiger partial charge < -0.3 is 19.3 Å². The minimum absolute atomic E-state index is 0.0529. The fraction of sp³-hybridized carbons (Fsp3) is 0.594. The van der Waals surface area contributed by atoms with Crippen molar-refractivity contribution in [2.75, 3.05) is 19.7 Å². The average molecular weight is 555 g/mol. The van der Waals surface area contributed by atoms with Gasteiger partial charge in [0.1, 0.15) is 5.82 Å². The van der Waals surface area contributed by atoms with E-state index in [2.05, 4.69) is 0 Å². The lowest BCUT2D eigenvalue weighted by Gasteiger charge is -2.51. The lowest BCUT2D eigenvalue weighted by Crippen LogP contribution is -2.61. The third kappa shape index (κ3) is 6.32. The molecule has 1 amide bonds. The highest BCUT2D eigenvalue weighted by atomic mass is 19.1. The van der Waals surface area contributed by atoms with E-state index in [0.717, 1.165) is 6.42 Å². The molecule has 2 fully saturated rings. The molecule has 0 radical (unpaired) electrons. The molecule has 7 nitrogen and oxygen atoms in total. The van der Waals surface area contributed by atoms with Gasteiger partial charge in [0.2, 0.25) is 5.91 Å². The van der Waals surface area contributed by atoms with Crippen LogP contribution in [0.1, 0.15) is 83.0 Å². The van der Waals surface area contributed by atoms with Crippen molar-refractivity contribution in [3.63, 3.8) is 0 Å². The average Bonchev–Trinajstić information content (AvgIpc) is 2.92. The van der Waals surface area contributed by atoms with Crippen LogP contribution in [0.4, 0.5) is 4.39 Å². The molecular formula is C32H43FN2O5. The first kappa shape index (κ1) is 30.0. The fourth-order valence-electron chi connectivity index (χ4n) is 6.43. The zero-order chi connectivity index (χ0) is 29.1. The molecule has 8 heteroatoms. The molecular weight excluding hydrogens is 511 g/mol. The van der Waals surface area contributed by atoms with E-state index >= 15 is 0 Å². The molecule has 1 saturated carbocycles. The second-order valence-corrected chi connectivity index (χ2v) is 12.3. The minimum Gasteiger partial charge on any atom is -0.462 e. The van der Waals surface area contributed by atoms with Crippen LogP contribution in [-0.4, -0.2) is 51.7 Å². The van der Waals surface area contributed by atoms with Gasteiger partial charge in [-0.3, -0.25) is 9.59 Å². The number of aromatic nitrogens is 1. The van der Waals surface area contributed by atoms with Crippen molar-refractivity contribution in [1.82, 2.24) is 9.47 Å². The number of halogens is 1. The third-order valence-electron chi connectivity index (χ3n) is 9.00. The van der Waals surface area contributed by atoms with Gasteiger partial charge in [-0.05, 0) is 31.7 Å². The largest absolute Gasteiger partial charge is 0.462 e. The van der Waals surface area contributed by atoms with Crippen LogP contribution in [0.2, 0.25) is 0 Å². The van der Waals surface area contributed by atoms with Crippen LogP contribution < -0.4 is 5.56 Å². The molecule has 4 rings (SSSR count). The Balaban J connectivity index is 1.56. The standard InChI is InChI=1S/C32H43FN2O5/c1-5-40-30(38)26-19-35(28(36)18-25(26)24-13-9-10-14-27(24)33)21-32(39)15-16-34(20-31(32,3)4)29(37)22(2)17-23-11-7-6-8-12-23/h9-10,13-14,18-19,22-23,39H,5-8,11-12,15-17,20-21H2,1-4H3. The van der Waals surface area contributed by atoms with Gasteiger partial charge in [-0.1, -0.05) is 71.1 Å². The number of amides is 1. The fourth-order valence-corrected chi connectivity index (χ4v) is 6.43. The summed E-state index contributed by atoms with van der Waals surface area (Å²) in [5, 5.41) is 11.9.